The molecule has 0 radical (unpaired) electrons. The zero-order valence-corrected chi connectivity index (χ0v) is 12.1. The first-order chi connectivity index (χ1) is 9.10. The molecule has 0 aromatic heterocycles. The highest BCUT2D eigenvalue weighted by Crippen LogP contribution is 2.28. The van der Waals surface area contributed by atoms with Gasteiger partial charge >= 0.3 is 0 Å². The minimum Gasteiger partial charge on any atom is -0.381 e. The van der Waals surface area contributed by atoms with Gasteiger partial charge in [-0.2, -0.15) is 5.26 Å². The Morgan fingerprint density at radius 1 is 1.47 bits per heavy atom. The van der Waals surface area contributed by atoms with E-state index in [1.165, 1.54) is 0 Å². The summed E-state index contributed by atoms with van der Waals surface area (Å²) in [5.74, 6) is -0.268. The Kier molecular flexibility index (Phi) is 4.43. The number of amides is 1. The molecule has 0 spiro atoms. The van der Waals surface area contributed by atoms with Crippen LogP contribution in [0.1, 0.15) is 31.2 Å². The maximum absolute atomic E-state index is 11.3. The number of nitrogens with zero attached hydrogens (tertiary/aromatic N) is 1. The predicted molar refractivity (Wildman–Crippen MR) is 77.4 cm³/mol. The molecular weight excluding hydrogens is 306 g/mol. The van der Waals surface area contributed by atoms with E-state index >= 15 is 0 Å². The van der Waals surface area contributed by atoms with Crippen molar-refractivity contribution in [1.29, 1.82) is 5.26 Å². The van der Waals surface area contributed by atoms with E-state index in [0.717, 1.165) is 35.8 Å². The molecule has 1 fully saturated rings. The van der Waals surface area contributed by atoms with Crippen LogP contribution in [-0.4, -0.2) is 11.9 Å². The molecule has 1 amide bonds. The molecule has 3 N–H and O–H groups in total. The highest BCUT2D eigenvalue weighted by Gasteiger charge is 2.25. The van der Waals surface area contributed by atoms with E-state index in [1.807, 2.05) is 12.1 Å². The summed E-state index contributed by atoms with van der Waals surface area (Å²) in [6.45, 7) is 0. The number of anilines is 1. The summed E-state index contributed by atoms with van der Waals surface area (Å²) in [5.41, 5.74) is 6.80. The molecule has 0 aliphatic heterocycles. The third-order valence-corrected chi connectivity index (χ3v) is 4.03. The molecule has 100 valence electrons. The Hall–Kier alpha value is -1.54. The number of rotatable bonds is 3. The highest BCUT2D eigenvalue weighted by atomic mass is 79.9. The lowest BCUT2D eigenvalue weighted by molar-refractivity contribution is -0.122. The van der Waals surface area contributed by atoms with E-state index < -0.39 is 0 Å². The third-order valence-electron chi connectivity index (χ3n) is 3.54. The Morgan fingerprint density at radius 3 is 2.95 bits per heavy atom. The Morgan fingerprint density at radius 2 is 2.26 bits per heavy atom. The molecule has 0 unspecified atom stereocenters. The van der Waals surface area contributed by atoms with Crippen molar-refractivity contribution in [1.82, 2.24) is 0 Å². The van der Waals surface area contributed by atoms with Crippen LogP contribution < -0.4 is 11.1 Å². The minimum absolute atomic E-state index is 0.0489. The van der Waals surface area contributed by atoms with Crippen molar-refractivity contribution in [3.05, 3.63) is 28.2 Å². The molecule has 19 heavy (non-hydrogen) atoms. The minimum atomic E-state index is -0.220. The topological polar surface area (TPSA) is 78.9 Å². The maximum Gasteiger partial charge on any atom is 0.220 e. The highest BCUT2D eigenvalue weighted by molar-refractivity contribution is 9.10. The van der Waals surface area contributed by atoms with E-state index in [2.05, 4.69) is 27.3 Å². The van der Waals surface area contributed by atoms with Crippen LogP contribution in [-0.2, 0) is 4.79 Å². The molecular formula is C14H16BrN3O. The smallest absolute Gasteiger partial charge is 0.220 e. The van der Waals surface area contributed by atoms with Crippen molar-refractivity contribution in [2.45, 2.75) is 31.7 Å². The second-order valence-electron chi connectivity index (χ2n) is 4.91. The van der Waals surface area contributed by atoms with Crippen LogP contribution in [0.15, 0.2) is 22.7 Å². The van der Waals surface area contributed by atoms with E-state index in [0.29, 0.717) is 5.56 Å². The Balaban J connectivity index is 2.09. The van der Waals surface area contributed by atoms with Crippen LogP contribution in [0.3, 0.4) is 0 Å². The number of hydrogen-bond acceptors (Lipinski definition) is 3. The number of primary amides is 1. The molecule has 0 bridgehead atoms. The Bertz CT molecular complexity index is 524. The number of halogens is 1. The summed E-state index contributed by atoms with van der Waals surface area (Å²) in [4.78, 5) is 11.3. The fourth-order valence-corrected chi connectivity index (χ4v) is 2.90. The normalized spacial score (nSPS) is 22.5. The lowest BCUT2D eigenvalue weighted by Crippen LogP contribution is -2.34. The van der Waals surface area contributed by atoms with Gasteiger partial charge in [-0.05, 0) is 37.5 Å². The lowest BCUT2D eigenvalue weighted by Gasteiger charge is -2.29. The average Bonchev–Trinajstić information content (AvgIpc) is 2.41. The molecule has 1 aliphatic rings. The van der Waals surface area contributed by atoms with Crippen molar-refractivity contribution in [2.75, 3.05) is 5.32 Å². The van der Waals surface area contributed by atoms with Crippen LogP contribution in [0.25, 0.3) is 0 Å². The lowest BCUT2D eigenvalue weighted by atomic mass is 9.85. The largest absolute Gasteiger partial charge is 0.381 e. The summed E-state index contributed by atoms with van der Waals surface area (Å²) in [5, 5.41) is 12.5. The van der Waals surface area contributed by atoms with Crippen molar-refractivity contribution in [3.8, 4) is 6.07 Å². The van der Waals surface area contributed by atoms with Gasteiger partial charge in [0.2, 0.25) is 5.91 Å². The zero-order chi connectivity index (χ0) is 13.8. The standard InChI is InChI=1S/C14H16BrN3O/c15-11-4-5-13(10(6-11)8-16)18-12-3-1-2-9(7-12)14(17)19/h4-6,9,12,18H,1-3,7H2,(H2,17,19)/t9-,12-/m0/s1. The van der Waals surface area contributed by atoms with Crippen molar-refractivity contribution < 1.29 is 4.79 Å². The van der Waals surface area contributed by atoms with Gasteiger partial charge in [0.15, 0.2) is 0 Å². The first kappa shape index (κ1) is 13.9. The summed E-state index contributed by atoms with van der Waals surface area (Å²) in [6, 6.07) is 7.96. The van der Waals surface area contributed by atoms with Crippen molar-refractivity contribution in [2.24, 2.45) is 11.7 Å². The van der Waals surface area contributed by atoms with Crippen LogP contribution in [0, 0.1) is 17.2 Å². The maximum atomic E-state index is 11.3. The number of benzene rings is 1. The molecule has 1 aromatic carbocycles. The molecule has 1 aromatic rings. The first-order valence-corrected chi connectivity index (χ1v) is 7.15. The number of nitriles is 1. The molecule has 0 heterocycles. The summed E-state index contributed by atoms with van der Waals surface area (Å²) < 4.78 is 0.883. The fraction of sp³-hybridized carbons (Fsp3) is 0.429. The second kappa shape index (κ2) is 6.07. The van der Waals surface area contributed by atoms with Gasteiger partial charge in [-0.25, -0.2) is 0 Å². The van der Waals surface area contributed by atoms with Gasteiger partial charge in [-0.1, -0.05) is 22.4 Å². The van der Waals surface area contributed by atoms with Crippen LogP contribution >= 0.6 is 15.9 Å². The summed E-state index contributed by atoms with van der Waals surface area (Å²) in [7, 11) is 0. The van der Waals surface area contributed by atoms with Crippen molar-refractivity contribution in [3.63, 3.8) is 0 Å². The van der Waals surface area contributed by atoms with E-state index in [-0.39, 0.29) is 17.9 Å². The van der Waals surface area contributed by atoms with E-state index in [4.69, 9.17) is 11.0 Å². The van der Waals surface area contributed by atoms with Gasteiger partial charge in [-0.3, -0.25) is 4.79 Å². The number of carbonyl (C=O) groups excluding carboxylic acids is 1. The number of nitrogens with two attached hydrogens (primary N) is 1. The summed E-state index contributed by atoms with van der Waals surface area (Å²) >= 11 is 3.35. The van der Waals surface area contributed by atoms with Crippen LogP contribution in [0.4, 0.5) is 5.69 Å². The number of carbonyl (C=O) groups is 1. The molecule has 4 nitrogen and oxygen atoms in total. The molecule has 1 aliphatic carbocycles. The fourth-order valence-electron chi connectivity index (χ4n) is 2.53. The Labute approximate surface area is 121 Å². The van der Waals surface area contributed by atoms with Crippen LogP contribution in [0.5, 0.6) is 0 Å². The van der Waals surface area contributed by atoms with Gasteiger partial charge < -0.3 is 11.1 Å². The van der Waals surface area contributed by atoms with Crippen LogP contribution in [0.2, 0.25) is 0 Å². The molecule has 0 saturated heterocycles. The third kappa shape index (κ3) is 3.48. The molecule has 2 rings (SSSR count). The monoisotopic (exact) mass is 321 g/mol. The van der Waals surface area contributed by atoms with Gasteiger partial charge in [0.25, 0.3) is 0 Å². The van der Waals surface area contributed by atoms with Gasteiger partial charge in [0.05, 0.1) is 11.3 Å². The number of hydrogen-bond donors (Lipinski definition) is 2. The zero-order valence-electron chi connectivity index (χ0n) is 10.5. The molecule has 2 atom stereocenters. The second-order valence-corrected chi connectivity index (χ2v) is 5.82. The van der Waals surface area contributed by atoms with Gasteiger partial charge in [0.1, 0.15) is 6.07 Å². The molecule has 5 heteroatoms. The number of nitrogens with one attached hydrogen (secondary N) is 1. The van der Waals surface area contributed by atoms with E-state index in [1.54, 1.807) is 6.07 Å². The van der Waals surface area contributed by atoms with Gasteiger partial charge in [-0.15, -0.1) is 0 Å². The SMILES string of the molecule is N#Cc1cc(Br)ccc1N[C@H]1CCC[C@H](C(N)=O)C1. The van der Waals surface area contributed by atoms with Gasteiger partial charge in [0, 0.05) is 16.4 Å². The van der Waals surface area contributed by atoms with Crippen molar-refractivity contribution >= 4 is 27.5 Å². The first-order valence-electron chi connectivity index (χ1n) is 6.35. The predicted octanol–water partition coefficient (Wildman–Crippen LogP) is 2.78. The summed E-state index contributed by atoms with van der Waals surface area (Å²) in [6.07, 6.45) is 3.61. The van der Waals surface area contributed by atoms with E-state index in [9.17, 15) is 4.79 Å². The quantitative estimate of drug-likeness (QED) is 0.898. The molecule has 1 saturated carbocycles. The average molecular weight is 322 g/mol.